The summed E-state index contributed by atoms with van der Waals surface area (Å²) < 4.78 is 5.50. The molecule has 2 atom stereocenters. The van der Waals surface area contributed by atoms with Crippen molar-refractivity contribution in [2.24, 2.45) is 5.92 Å². The Morgan fingerprint density at radius 1 is 1.38 bits per heavy atom. The normalized spacial score (nSPS) is 29.4. The van der Waals surface area contributed by atoms with Gasteiger partial charge in [-0.1, -0.05) is 22.6 Å². The van der Waals surface area contributed by atoms with E-state index in [1.807, 2.05) is 0 Å². The predicted molar refractivity (Wildman–Crippen MR) is 71.8 cm³/mol. The van der Waals surface area contributed by atoms with E-state index in [4.69, 9.17) is 4.74 Å². The molecular formula is C12H20INO2. The molecule has 2 heterocycles. The molecule has 1 unspecified atom stereocenters. The van der Waals surface area contributed by atoms with Gasteiger partial charge in [-0.05, 0) is 38.5 Å². The molecule has 16 heavy (non-hydrogen) atoms. The molecule has 0 aliphatic carbocycles. The molecular weight excluding hydrogens is 317 g/mol. The number of ether oxygens (including phenoxy) is 1. The SMILES string of the molecule is C[C@@H]1CCCN1C(=O)C(I)C1CCOCC1. The van der Waals surface area contributed by atoms with Gasteiger partial charge in [0.05, 0.1) is 3.92 Å². The summed E-state index contributed by atoms with van der Waals surface area (Å²) in [6.07, 6.45) is 4.43. The van der Waals surface area contributed by atoms with Crippen LogP contribution < -0.4 is 0 Å². The van der Waals surface area contributed by atoms with Crippen LogP contribution in [0.2, 0.25) is 0 Å². The van der Waals surface area contributed by atoms with Crippen LogP contribution in [-0.2, 0) is 9.53 Å². The van der Waals surface area contributed by atoms with E-state index in [9.17, 15) is 4.79 Å². The Balaban J connectivity index is 1.92. The molecule has 0 bridgehead atoms. The van der Waals surface area contributed by atoms with Crippen molar-refractivity contribution < 1.29 is 9.53 Å². The molecule has 0 radical (unpaired) electrons. The molecule has 0 aromatic rings. The fourth-order valence-electron chi connectivity index (χ4n) is 2.63. The van der Waals surface area contributed by atoms with Crippen molar-refractivity contribution in [1.82, 2.24) is 4.90 Å². The molecule has 2 aliphatic heterocycles. The molecule has 1 amide bonds. The van der Waals surface area contributed by atoms with Gasteiger partial charge in [-0.25, -0.2) is 0 Å². The van der Waals surface area contributed by atoms with Crippen molar-refractivity contribution in [2.75, 3.05) is 19.8 Å². The highest BCUT2D eigenvalue weighted by Gasteiger charge is 2.34. The topological polar surface area (TPSA) is 29.5 Å². The van der Waals surface area contributed by atoms with Crippen molar-refractivity contribution in [2.45, 2.75) is 42.6 Å². The Labute approximate surface area is 111 Å². The fourth-order valence-corrected chi connectivity index (χ4v) is 3.71. The lowest BCUT2D eigenvalue weighted by atomic mass is 9.96. The first kappa shape index (κ1) is 12.6. The number of amides is 1. The minimum atomic E-state index is 0.155. The van der Waals surface area contributed by atoms with Gasteiger partial charge in [-0.15, -0.1) is 0 Å². The van der Waals surface area contributed by atoms with Crippen LogP contribution in [0.3, 0.4) is 0 Å². The van der Waals surface area contributed by atoms with Crippen LogP contribution in [0.4, 0.5) is 0 Å². The van der Waals surface area contributed by atoms with E-state index < -0.39 is 0 Å². The third-order valence-electron chi connectivity index (χ3n) is 3.75. The number of hydrogen-bond donors (Lipinski definition) is 0. The smallest absolute Gasteiger partial charge is 0.236 e. The summed E-state index contributed by atoms with van der Waals surface area (Å²) in [5.41, 5.74) is 0. The average molecular weight is 337 g/mol. The molecule has 2 saturated heterocycles. The van der Waals surface area contributed by atoms with Crippen molar-refractivity contribution >= 4 is 28.5 Å². The van der Waals surface area contributed by atoms with E-state index >= 15 is 0 Å². The first-order valence-electron chi connectivity index (χ1n) is 6.22. The monoisotopic (exact) mass is 337 g/mol. The fraction of sp³-hybridized carbons (Fsp3) is 0.917. The molecule has 2 aliphatic rings. The van der Waals surface area contributed by atoms with Crippen LogP contribution in [0, 0.1) is 5.92 Å². The summed E-state index contributed by atoms with van der Waals surface area (Å²) in [5.74, 6) is 0.882. The highest BCUT2D eigenvalue weighted by atomic mass is 127. The minimum Gasteiger partial charge on any atom is -0.381 e. The van der Waals surface area contributed by atoms with Crippen LogP contribution in [0.25, 0.3) is 0 Å². The number of nitrogens with zero attached hydrogens (tertiary/aromatic N) is 1. The maximum absolute atomic E-state index is 12.3. The quantitative estimate of drug-likeness (QED) is 0.571. The average Bonchev–Trinajstić information content (AvgIpc) is 2.75. The Hall–Kier alpha value is 0.160. The van der Waals surface area contributed by atoms with Gasteiger partial charge in [0.1, 0.15) is 0 Å². The lowest BCUT2D eigenvalue weighted by Gasteiger charge is -2.30. The van der Waals surface area contributed by atoms with Gasteiger partial charge in [-0.2, -0.15) is 0 Å². The summed E-state index contributed by atoms with van der Waals surface area (Å²) >= 11 is 2.34. The van der Waals surface area contributed by atoms with E-state index in [0.717, 1.165) is 32.6 Å². The summed E-state index contributed by atoms with van der Waals surface area (Å²) in [4.78, 5) is 14.4. The van der Waals surface area contributed by atoms with Crippen molar-refractivity contribution in [3.63, 3.8) is 0 Å². The Bertz CT molecular complexity index is 253. The third-order valence-corrected chi connectivity index (χ3v) is 5.30. The second-order valence-corrected chi connectivity index (χ2v) is 6.22. The van der Waals surface area contributed by atoms with E-state index in [1.54, 1.807) is 0 Å². The molecule has 0 spiro atoms. The second kappa shape index (κ2) is 5.67. The van der Waals surface area contributed by atoms with Crippen molar-refractivity contribution in [1.29, 1.82) is 0 Å². The highest BCUT2D eigenvalue weighted by Crippen LogP contribution is 2.28. The van der Waals surface area contributed by atoms with E-state index in [-0.39, 0.29) is 3.92 Å². The van der Waals surface area contributed by atoms with Gasteiger partial charge in [0.25, 0.3) is 0 Å². The summed E-state index contributed by atoms with van der Waals surface area (Å²) in [6, 6.07) is 0.449. The Morgan fingerprint density at radius 3 is 2.62 bits per heavy atom. The number of carbonyl (C=O) groups is 1. The largest absolute Gasteiger partial charge is 0.381 e. The summed E-state index contributed by atoms with van der Waals surface area (Å²) in [6.45, 7) is 4.78. The van der Waals surface area contributed by atoms with Crippen LogP contribution in [0.5, 0.6) is 0 Å². The van der Waals surface area contributed by atoms with Gasteiger partial charge in [-0.3, -0.25) is 4.79 Å². The zero-order chi connectivity index (χ0) is 11.5. The first-order chi connectivity index (χ1) is 7.70. The van der Waals surface area contributed by atoms with Crippen LogP contribution in [0.15, 0.2) is 0 Å². The highest BCUT2D eigenvalue weighted by molar-refractivity contribution is 14.1. The zero-order valence-electron chi connectivity index (χ0n) is 9.82. The van der Waals surface area contributed by atoms with Gasteiger partial charge in [0.15, 0.2) is 0 Å². The van der Waals surface area contributed by atoms with Gasteiger partial charge >= 0.3 is 0 Å². The van der Waals surface area contributed by atoms with Gasteiger partial charge in [0.2, 0.25) is 5.91 Å². The molecule has 2 fully saturated rings. The van der Waals surface area contributed by atoms with Crippen molar-refractivity contribution in [3.05, 3.63) is 0 Å². The lowest BCUT2D eigenvalue weighted by molar-refractivity contribution is -0.132. The minimum absolute atomic E-state index is 0.155. The van der Waals surface area contributed by atoms with Crippen LogP contribution in [-0.4, -0.2) is 40.5 Å². The predicted octanol–water partition coefficient (Wildman–Crippen LogP) is 2.23. The number of carbonyl (C=O) groups excluding carboxylic acids is 1. The summed E-state index contributed by atoms with van der Waals surface area (Å²) in [7, 11) is 0. The lowest BCUT2D eigenvalue weighted by Crippen LogP contribution is -2.42. The molecule has 0 saturated carbocycles. The van der Waals surface area contributed by atoms with E-state index in [1.165, 1.54) is 12.8 Å². The maximum Gasteiger partial charge on any atom is 0.236 e. The molecule has 0 aromatic carbocycles. The Kier molecular flexibility index (Phi) is 4.47. The number of likely N-dealkylation sites (tertiary alicyclic amines) is 1. The maximum atomic E-state index is 12.3. The number of halogens is 1. The molecule has 2 rings (SSSR count). The standard InChI is InChI=1S/C12H20INO2/c1-9-3-2-6-14(9)12(15)11(13)10-4-7-16-8-5-10/h9-11H,2-8H2,1H3/t9-,11?/m1/s1. The third kappa shape index (κ3) is 2.70. The van der Waals surface area contributed by atoms with Crippen molar-refractivity contribution in [3.8, 4) is 0 Å². The number of alkyl halides is 1. The molecule has 0 aromatic heterocycles. The van der Waals surface area contributed by atoms with E-state index in [0.29, 0.717) is 17.9 Å². The molecule has 3 nitrogen and oxygen atoms in total. The molecule has 0 N–H and O–H groups in total. The van der Waals surface area contributed by atoms with Crippen LogP contribution in [0.1, 0.15) is 32.6 Å². The molecule has 4 heteroatoms. The second-order valence-electron chi connectivity index (χ2n) is 4.87. The number of hydrogen-bond acceptors (Lipinski definition) is 2. The zero-order valence-corrected chi connectivity index (χ0v) is 12.0. The number of rotatable bonds is 2. The first-order valence-corrected chi connectivity index (χ1v) is 7.47. The van der Waals surface area contributed by atoms with Crippen LogP contribution >= 0.6 is 22.6 Å². The van der Waals surface area contributed by atoms with Gasteiger partial charge in [0, 0.05) is 25.8 Å². The molecule has 92 valence electrons. The Morgan fingerprint density at radius 2 is 2.06 bits per heavy atom. The van der Waals surface area contributed by atoms with E-state index in [2.05, 4.69) is 34.4 Å². The summed E-state index contributed by atoms with van der Waals surface area (Å²) in [5, 5.41) is 0. The van der Waals surface area contributed by atoms with Gasteiger partial charge < -0.3 is 9.64 Å².